The zero-order valence-corrected chi connectivity index (χ0v) is 18.1. The summed E-state index contributed by atoms with van der Waals surface area (Å²) >= 11 is 0. The molecule has 2 atom stereocenters. The van der Waals surface area contributed by atoms with Crippen LogP contribution in [0.5, 0.6) is 5.75 Å². The Kier molecular flexibility index (Phi) is 5.55. The zero-order valence-electron chi connectivity index (χ0n) is 18.1. The van der Waals surface area contributed by atoms with Gasteiger partial charge in [-0.1, -0.05) is 18.2 Å². The molecule has 1 fully saturated rings. The molecule has 0 spiro atoms. The highest BCUT2D eigenvalue weighted by molar-refractivity contribution is 6.06. The van der Waals surface area contributed by atoms with Crippen molar-refractivity contribution in [2.24, 2.45) is 0 Å². The highest BCUT2D eigenvalue weighted by Crippen LogP contribution is 2.37. The number of para-hydroxylation sites is 1. The summed E-state index contributed by atoms with van der Waals surface area (Å²) in [6, 6.07) is 13.3. The van der Waals surface area contributed by atoms with Crippen LogP contribution in [0.15, 0.2) is 54.7 Å². The van der Waals surface area contributed by atoms with Crippen molar-refractivity contribution in [1.29, 1.82) is 0 Å². The molecule has 2 amide bonds. The van der Waals surface area contributed by atoms with E-state index in [9.17, 15) is 14.3 Å². The number of aromatic nitrogens is 2. The van der Waals surface area contributed by atoms with E-state index in [1.165, 1.54) is 24.1 Å². The van der Waals surface area contributed by atoms with Crippen LogP contribution >= 0.6 is 0 Å². The molecule has 2 aromatic carbocycles. The number of aliphatic hydroxyl groups is 1. The molecule has 2 N–H and O–H groups in total. The number of methoxy groups -OCH3 is 1. The highest BCUT2D eigenvalue weighted by atomic mass is 19.1. The van der Waals surface area contributed by atoms with E-state index in [1.807, 2.05) is 30.3 Å². The maximum atomic E-state index is 14.9. The molecule has 1 aliphatic carbocycles. The molecule has 5 rings (SSSR count). The SMILES string of the molecule is COc1ccc(N2Cc3cnc(Nc4ccccc4)nc3N([C@@H]3CC[C@@H](O)C3)C2=O)c(F)c1. The summed E-state index contributed by atoms with van der Waals surface area (Å²) in [5.41, 5.74) is 1.68. The van der Waals surface area contributed by atoms with Gasteiger partial charge < -0.3 is 15.2 Å². The predicted octanol–water partition coefficient (Wildman–Crippen LogP) is 4.23. The molecule has 0 bridgehead atoms. The molecular formula is C24H24FN5O3. The zero-order chi connectivity index (χ0) is 22.9. The van der Waals surface area contributed by atoms with Crippen LogP contribution in [0.4, 0.5) is 32.3 Å². The summed E-state index contributed by atoms with van der Waals surface area (Å²) in [7, 11) is 1.46. The fourth-order valence-electron chi connectivity index (χ4n) is 4.41. The van der Waals surface area contributed by atoms with Crippen molar-refractivity contribution in [3.05, 3.63) is 66.1 Å². The smallest absolute Gasteiger partial charge is 0.330 e. The number of halogens is 1. The number of carbonyl (C=O) groups is 1. The van der Waals surface area contributed by atoms with Crippen LogP contribution in [-0.2, 0) is 6.54 Å². The predicted molar refractivity (Wildman–Crippen MR) is 122 cm³/mol. The number of rotatable bonds is 5. The average Bonchev–Trinajstić information content (AvgIpc) is 3.25. The lowest BCUT2D eigenvalue weighted by Crippen LogP contribution is -2.52. The van der Waals surface area contributed by atoms with Crippen molar-refractivity contribution in [2.75, 3.05) is 22.2 Å². The lowest BCUT2D eigenvalue weighted by molar-refractivity contribution is 0.181. The summed E-state index contributed by atoms with van der Waals surface area (Å²) in [6.45, 7) is 0.134. The molecule has 1 saturated carbocycles. The minimum atomic E-state index is -0.555. The molecular weight excluding hydrogens is 425 g/mol. The Bertz CT molecular complexity index is 1180. The minimum Gasteiger partial charge on any atom is -0.497 e. The Labute approximate surface area is 190 Å². The summed E-state index contributed by atoms with van der Waals surface area (Å²) in [5, 5.41) is 13.3. The van der Waals surface area contributed by atoms with E-state index in [-0.39, 0.29) is 24.3 Å². The van der Waals surface area contributed by atoms with Crippen LogP contribution < -0.4 is 19.9 Å². The van der Waals surface area contributed by atoms with Crippen LogP contribution in [0.1, 0.15) is 24.8 Å². The van der Waals surface area contributed by atoms with Gasteiger partial charge in [0.15, 0.2) is 5.82 Å². The molecule has 2 aliphatic rings. The fourth-order valence-corrected chi connectivity index (χ4v) is 4.41. The van der Waals surface area contributed by atoms with Gasteiger partial charge in [-0.15, -0.1) is 0 Å². The van der Waals surface area contributed by atoms with Gasteiger partial charge in [0.2, 0.25) is 5.95 Å². The van der Waals surface area contributed by atoms with Crippen LogP contribution in [0.2, 0.25) is 0 Å². The number of nitrogens with zero attached hydrogens (tertiary/aromatic N) is 4. The molecule has 0 unspecified atom stereocenters. The van der Waals surface area contributed by atoms with Gasteiger partial charge >= 0.3 is 6.03 Å². The van der Waals surface area contributed by atoms with Gasteiger partial charge in [-0.05, 0) is 43.5 Å². The molecule has 0 saturated heterocycles. The summed E-state index contributed by atoms with van der Waals surface area (Å²) < 4.78 is 20.0. The Morgan fingerprint density at radius 2 is 2.00 bits per heavy atom. The number of fused-ring (bicyclic) bond motifs is 1. The molecule has 8 nitrogen and oxygen atoms in total. The van der Waals surface area contributed by atoms with E-state index >= 15 is 0 Å². The van der Waals surface area contributed by atoms with Gasteiger partial charge in [0.25, 0.3) is 0 Å². The number of hydrogen-bond donors (Lipinski definition) is 2. The van der Waals surface area contributed by atoms with E-state index in [1.54, 1.807) is 17.2 Å². The standard InChI is InChI=1S/C24H24FN5O3/c1-33-19-9-10-21(20(25)12-19)29-14-15-13-26-23(27-16-5-3-2-4-6-16)28-22(15)30(24(29)32)17-7-8-18(31)11-17/h2-6,9-10,12-13,17-18,31H,7-8,11,14H2,1H3,(H,26,27,28)/t17-,18-/m1/s1. The highest BCUT2D eigenvalue weighted by Gasteiger charge is 2.41. The second kappa shape index (κ2) is 8.67. The number of benzene rings is 2. The largest absolute Gasteiger partial charge is 0.497 e. The average molecular weight is 449 g/mol. The van der Waals surface area contributed by atoms with Gasteiger partial charge in [-0.2, -0.15) is 4.98 Å². The third kappa shape index (κ3) is 4.07. The number of aliphatic hydroxyl groups excluding tert-OH is 1. The van der Waals surface area contributed by atoms with Crippen LogP contribution in [-0.4, -0.2) is 40.4 Å². The second-order valence-corrected chi connectivity index (χ2v) is 8.21. The summed E-state index contributed by atoms with van der Waals surface area (Å²) in [5.74, 6) is 0.663. The Hall–Kier alpha value is -3.72. The van der Waals surface area contributed by atoms with Crippen molar-refractivity contribution < 1.29 is 19.0 Å². The van der Waals surface area contributed by atoms with E-state index in [4.69, 9.17) is 4.74 Å². The third-order valence-corrected chi connectivity index (χ3v) is 6.05. The second-order valence-electron chi connectivity index (χ2n) is 8.21. The quantitative estimate of drug-likeness (QED) is 0.606. The number of ether oxygens (including phenoxy) is 1. The number of nitrogens with one attached hydrogen (secondary N) is 1. The Balaban J connectivity index is 1.54. The number of urea groups is 1. The maximum absolute atomic E-state index is 14.9. The number of carbonyl (C=O) groups excluding carboxylic acids is 1. The number of hydrogen-bond acceptors (Lipinski definition) is 6. The Morgan fingerprint density at radius 1 is 1.18 bits per heavy atom. The normalized spacial score (nSPS) is 20.0. The first kappa shape index (κ1) is 21.1. The van der Waals surface area contributed by atoms with Crippen LogP contribution in [0, 0.1) is 5.82 Å². The van der Waals surface area contributed by atoms with Crippen LogP contribution in [0.25, 0.3) is 0 Å². The summed E-state index contributed by atoms with van der Waals surface area (Å²) in [4.78, 5) is 25.7. The molecule has 9 heteroatoms. The molecule has 170 valence electrons. The van der Waals surface area contributed by atoms with E-state index in [0.29, 0.717) is 42.3 Å². The van der Waals surface area contributed by atoms with Crippen molar-refractivity contribution in [3.63, 3.8) is 0 Å². The van der Waals surface area contributed by atoms with Gasteiger partial charge in [-0.25, -0.2) is 14.2 Å². The van der Waals surface area contributed by atoms with Gasteiger partial charge in [-0.3, -0.25) is 9.80 Å². The third-order valence-electron chi connectivity index (χ3n) is 6.05. The first-order valence-electron chi connectivity index (χ1n) is 10.8. The molecule has 3 aromatic rings. The van der Waals surface area contributed by atoms with Crippen molar-refractivity contribution in [3.8, 4) is 5.75 Å². The monoisotopic (exact) mass is 449 g/mol. The minimum absolute atomic E-state index is 0.134. The molecule has 33 heavy (non-hydrogen) atoms. The van der Waals surface area contributed by atoms with Crippen molar-refractivity contribution in [1.82, 2.24) is 9.97 Å². The molecule has 0 radical (unpaired) electrons. The van der Waals surface area contributed by atoms with Gasteiger partial charge in [0.05, 0.1) is 25.4 Å². The maximum Gasteiger partial charge on any atom is 0.330 e. The molecule has 2 heterocycles. The Morgan fingerprint density at radius 3 is 2.70 bits per heavy atom. The number of anilines is 4. The van der Waals surface area contributed by atoms with Gasteiger partial charge in [0, 0.05) is 29.6 Å². The van der Waals surface area contributed by atoms with E-state index < -0.39 is 11.9 Å². The first-order valence-corrected chi connectivity index (χ1v) is 10.8. The van der Waals surface area contributed by atoms with E-state index in [0.717, 1.165) is 5.69 Å². The first-order chi connectivity index (χ1) is 16.0. The fraction of sp³-hybridized carbons (Fsp3) is 0.292. The topological polar surface area (TPSA) is 90.8 Å². The number of amides is 2. The van der Waals surface area contributed by atoms with E-state index in [2.05, 4.69) is 15.3 Å². The van der Waals surface area contributed by atoms with Crippen LogP contribution in [0.3, 0.4) is 0 Å². The lowest BCUT2D eigenvalue weighted by Gasteiger charge is -2.39. The summed E-state index contributed by atoms with van der Waals surface area (Å²) in [6.07, 6.45) is 2.85. The van der Waals surface area contributed by atoms with Gasteiger partial charge in [0.1, 0.15) is 11.6 Å². The van der Waals surface area contributed by atoms with Crippen molar-refractivity contribution >= 4 is 29.2 Å². The lowest BCUT2D eigenvalue weighted by atomic mass is 10.1. The molecule has 1 aliphatic heterocycles. The van der Waals surface area contributed by atoms with Crippen molar-refractivity contribution in [2.45, 2.75) is 38.0 Å². The molecule has 1 aromatic heterocycles.